The van der Waals surface area contributed by atoms with Gasteiger partial charge in [-0.2, -0.15) is 10.2 Å². The van der Waals surface area contributed by atoms with Crippen molar-refractivity contribution in [2.24, 2.45) is 0 Å². The molecule has 9 heteroatoms. The third kappa shape index (κ3) is 4.25. The van der Waals surface area contributed by atoms with Crippen molar-refractivity contribution in [2.75, 3.05) is 5.32 Å². The van der Waals surface area contributed by atoms with Gasteiger partial charge in [-0.05, 0) is 37.6 Å². The summed E-state index contributed by atoms with van der Waals surface area (Å²) in [7, 11) is 0. The smallest absolute Gasteiger partial charge is 0.354 e. The number of carbonyl (C=O) groups excluding carboxylic acids is 1. The number of aromatic nitrogens is 4. The minimum absolute atomic E-state index is 0.0467. The topological polar surface area (TPSA) is 102 Å². The number of aromatic carboxylic acids is 1. The van der Waals surface area contributed by atoms with Crippen molar-refractivity contribution in [3.05, 3.63) is 64.0 Å². The van der Waals surface area contributed by atoms with E-state index in [1.165, 1.54) is 16.9 Å². The van der Waals surface area contributed by atoms with Crippen LogP contribution in [0.1, 0.15) is 34.7 Å². The van der Waals surface area contributed by atoms with E-state index >= 15 is 0 Å². The Labute approximate surface area is 163 Å². The molecule has 8 nitrogen and oxygen atoms in total. The molecule has 2 N–H and O–H groups in total. The zero-order valence-corrected chi connectivity index (χ0v) is 16.3. The van der Waals surface area contributed by atoms with E-state index in [0.29, 0.717) is 12.4 Å². The molecule has 0 saturated carbocycles. The number of rotatable bonds is 6. The van der Waals surface area contributed by atoms with Gasteiger partial charge in [-0.3, -0.25) is 9.48 Å². The van der Waals surface area contributed by atoms with Crippen LogP contribution in [0.25, 0.3) is 0 Å². The van der Waals surface area contributed by atoms with Crippen LogP contribution >= 0.6 is 15.9 Å². The molecule has 0 aliphatic carbocycles. The first-order valence-electron chi connectivity index (χ1n) is 8.21. The Bertz CT molecular complexity index is 977. The van der Waals surface area contributed by atoms with Crippen molar-refractivity contribution >= 4 is 33.6 Å². The third-order valence-corrected chi connectivity index (χ3v) is 4.64. The second-order valence-electron chi connectivity index (χ2n) is 6.09. The van der Waals surface area contributed by atoms with Crippen LogP contribution in [0.5, 0.6) is 0 Å². The highest BCUT2D eigenvalue weighted by atomic mass is 79.9. The molecule has 2 aromatic heterocycles. The van der Waals surface area contributed by atoms with E-state index in [0.717, 1.165) is 15.7 Å². The second-order valence-corrected chi connectivity index (χ2v) is 7.00. The number of anilines is 1. The fourth-order valence-corrected chi connectivity index (χ4v) is 2.89. The lowest BCUT2D eigenvalue weighted by atomic mass is 10.2. The van der Waals surface area contributed by atoms with E-state index in [1.807, 2.05) is 31.2 Å². The Morgan fingerprint density at radius 2 is 1.96 bits per heavy atom. The maximum atomic E-state index is 12.5. The van der Waals surface area contributed by atoms with E-state index in [9.17, 15) is 9.59 Å². The van der Waals surface area contributed by atoms with Crippen LogP contribution in [0.15, 0.2) is 47.1 Å². The summed E-state index contributed by atoms with van der Waals surface area (Å²) >= 11 is 3.41. The van der Waals surface area contributed by atoms with Gasteiger partial charge in [0.15, 0.2) is 5.82 Å². The maximum absolute atomic E-state index is 12.5. The molecule has 0 spiro atoms. The van der Waals surface area contributed by atoms with Crippen molar-refractivity contribution in [3.63, 3.8) is 0 Å². The third-order valence-electron chi connectivity index (χ3n) is 4.11. The Hall–Kier alpha value is -2.94. The molecule has 140 valence electrons. The van der Waals surface area contributed by atoms with E-state index < -0.39 is 17.9 Å². The number of hydrogen-bond donors (Lipinski definition) is 2. The van der Waals surface area contributed by atoms with Gasteiger partial charge in [0, 0.05) is 22.4 Å². The van der Waals surface area contributed by atoms with Gasteiger partial charge >= 0.3 is 5.97 Å². The summed E-state index contributed by atoms with van der Waals surface area (Å²) in [4.78, 5) is 23.7. The molecular formula is C18H18BrN5O3. The van der Waals surface area contributed by atoms with Crippen molar-refractivity contribution in [3.8, 4) is 0 Å². The standard InChI is InChI=1S/C18H18BrN5O3/c1-11-9-16(22-23(11)10-13-3-5-14(19)6-4-13)21-17(25)12(2)24-15(18(26)27)7-8-20-24/h3-9,12H,10H2,1-2H3,(H,26,27)(H,21,22,25). The van der Waals surface area contributed by atoms with Crippen molar-refractivity contribution < 1.29 is 14.7 Å². The molecule has 0 saturated heterocycles. The molecule has 1 unspecified atom stereocenters. The molecule has 1 atom stereocenters. The number of amides is 1. The maximum Gasteiger partial charge on any atom is 0.354 e. The van der Waals surface area contributed by atoms with Crippen LogP contribution < -0.4 is 5.32 Å². The van der Waals surface area contributed by atoms with Crippen LogP contribution in [-0.2, 0) is 11.3 Å². The minimum atomic E-state index is -1.14. The van der Waals surface area contributed by atoms with Crippen LogP contribution in [0.2, 0.25) is 0 Å². The van der Waals surface area contributed by atoms with Gasteiger partial charge in [-0.25, -0.2) is 9.48 Å². The summed E-state index contributed by atoms with van der Waals surface area (Å²) in [6.45, 7) is 4.06. The molecule has 0 aliphatic heterocycles. The van der Waals surface area contributed by atoms with E-state index in [4.69, 9.17) is 5.11 Å². The van der Waals surface area contributed by atoms with Crippen LogP contribution in [0, 0.1) is 6.92 Å². The molecule has 27 heavy (non-hydrogen) atoms. The molecule has 3 aromatic rings. The van der Waals surface area contributed by atoms with Crippen molar-refractivity contribution in [1.29, 1.82) is 0 Å². The second kappa shape index (κ2) is 7.75. The van der Waals surface area contributed by atoms with Crippen LogP contribution in [0.4, 0.5) is 5.82 Å². The van der Waals surface area contributed by atoms with E-state index in [2.05, 4.69) is 31.4 Å². The zero-order valence-electron chi connectivity index (χ0n) is 14.8. The first kappa shape index (κ1) is 18.8. The minimum Gasteiger partial charge on any atom is -0.477 e. The van der Waals surface area contributed by atoms with Gasteiger partial charge in [-0.15, -0.1) is 0 Å². The molecule has 2 heterocycles. The quantitative estimate of drug-likeness (QED) is 0.624. The van der Waals surface area contributed by atoms with Crippen molar-refractivity contribution in [2.45, 2.75) is 26.4 Å². The predicted molar refractivity (Wildman–Crippen MR) is 103 cm³/mol. The molecule has 0 fully saturated rings. The van der Waals surface area contributed by atoms with Gasteiger partial charge in [0.2, 0.25) is 5.91 Å². The number of halogens is 1. The number of carbonyl (C=O) groups is 2. The number of carboxylic acid groups (broad SMARTS) is 1. The molecule has 1 aromatic carbocycles. The Morgan fingerprint density at radius 3 is 2.63 bits per heavy atom. The average Bonchev–Trinajstić information content (AvgIpc) is 3.23. The predicted octanol–water partition coefficient (Wildman–Crippen LogP) is 3.10. The molecule has 1 amide bonds. The average molecular weight is 432 g/mol. The summed E-state index contributed by atoms with van der Waals surface area (Å²) < 4.78 is 3.97. The lowest BCUT2D eigenvalue weighted by Crippen LogP contribution is -2.27. The SMILES string of the molecule is Cc1cc(NC(=O)C(C)n2nccc2C(=O)O)nn1Cc1ccc(Br)cc1. The van der Waals surface area contributed by atoms with E-state index in [1.54, 1.807) is 17.7 Å². The van der Waals surface area contributed by atoms with Gasteiger partial charge in [0.1, 0.15) is 11.7 Å². The first-order chi connectivity index (χ1) is 12.8. The number of nitrogens with zero attached hydrogens (tertiary/aromatic N) is 4. The Morgan fingerprint density at radius 1 is 1.26 bits per heavy atom. The highest BCUT2D eigenvalue weighted by Gasteiger charge is 2.22. The van der Waals surface area contributed by atoms with Crippen LogP contribution in [-0.4, -0.2) is 36.5 Å². The van der Waals surface area contributed by atoms with E-state index in [-0.39, 0.29) is 5.69 Å². The summed E-state index contributed by atoms with van der Waals surface area (Å²) in [5.74, 6) is -1.12. The summed E-state index contributed by atoms with van der Waals surface area (Å²) in [6.07, 6.45) is 1.35. The highest BCUT2D eigenvalue weighted by Crippen LogP contribution is 2.16. The molecular weight excluding hydrogens is 414 g/mol. The zero-order chi connectivity index (χ0) is 19.6. The lowest BCUT2D eigenvalue weighted by molar-refractivity contribution is -0.119. The summed E-state index contributed by atoms with van der Waals surface area (Å²) in [6, 6.07) is 10.2. The number of aryl methyl sites for hydroxylation is 1. The van der Waals surface area contributed by atoms with Gasteiger partial charge in [-0.1, -0.05) is 28.1 Å². The number of carboxylic acids is 1. The van der Waals surface area contributed by atoms with Crippen molar-refractivity contribution in [1.82, 2.24) is 19.6 Å². The van der Waals surface area contributed by atoms with Gasteiger partial charge < -0.3 is 10.4 Å². The van der Waals surface area contributed by atoms with Crippen LogP contribution in [0.3, 0.4) is 0 Å². The largest absolute Gasteiger partial charge is 0.477 e. The number of benzene rings is 1. The van der Waals surface area contributed by atoms with Gasteiger partial charge in [0.25, 0.3) is 0 Å². The highest BCUT2D eigenvalue weighted by molar-refractivity contribution is 9.10. The molecule has 0 bridgehead atoms. The molecule has 0 radical (unpaired) electrons. The fraction of sp³-hybridized carbons (Fsp3) is 0.222. The summed E-state index contributed by atoms with van der Waals surface area (Å²) in [5.41, 5.74) is 1.93. The molecule has 0 aliphatic rings. The summed E-state index contributed by atoms with van der Waals surface area (Å²) in [5, 5.41) is 20.2. The molecule has 3 rings (SSSR count). The first-order valence-corrected chi connectivity index (χ1v) is 9.01. The Balaban J connectivity index is 1.72. The lowest BCUT2D eigenvalue weighted by Gasteiger charge is -2.13. The fourth-order valence-electron chi connectivity index (χ4n) is 2.63. The Kier molecular flexibility index (Phi) is 5.41. The normalized spacial score (nSPS) is 12.0. The number of nitrogens with one attached hydrogen (secondary N) is 1. The monoisotopic (exact) mass is 431 g/mol. The number of hydrogen-bond acceptors (Lipinski definition) is 4. The van der Waals surface area contributed by atoms with Gasteiger partial charge in [0.05, 0.1) is 6.54 Å².